The van der Waals surface area contributed by atoms with Crippen molar-refractivity contribution >= 4 is 0 Å². The molecule has 1 saturated carbocycles. The molecule has 1 atom stereocenters. The number of alkyl halides is 2. The van der Waals surface area contributed by atoms with E-state index in [0.29, 0.717) is 0 Å². The van der Waals surface area contributed by atoms with E-state index in [9.17, 15) is 8.78 Å². The van der Waals surface area contributed by atoms with Crippen LogP contribution in [0.3, 0.4) is 0 Å². The summed E-state index contributed by atoms with van der Waals surface area (Å²) in [5.41, 5.74) is 8.63. The first-order chi connectivity index (χ1) is 7.25. The minimum absolute atomic E-state index is 0.188. The van der Waals surface area contributed by atoms with Gasteiger partial charge >= 0.3 is 0 Å². The molecule has 1 aliphatic rings. The molecule has 2 N–H and O–H groups in total. The molecule has 2 rings (SSSR count). The van der Waals surface area contributed by atoms with Gasteiger partial charge < -0.3 is 5.73 Å². The number of aryl methyl sites for hydroxylation is 3. The van der Waals surface area contributed by atoms with E-state index in [0.717, 1.165) is 22.3 Å². The lowest BCUT2D eigenvalue weighted by molar-refractivity contribution is 0.0894. The Morgan fingerprint density at radius 1 is 1.19 bits per heavy atom. The molecule has 1 aromatic carbocycles. The average Bonchev–Trinajstić information content (AvgIpc) is 2.59. The first-order valence-corrected chi connectivity index (χ1v) is 5.49. The van der Waals surface area contributed by atoms with Crippen LogP contribution in [-0.2, 0) is 6.42 Å². The predicted octanol–water partition coefficient (Wildman–Crippen LogP) is 2.89. The molecule has 0 amide bonds. The lowest BCUT2D eigenvalue weighted by atomic mass is 9.93. The van der Waals surface area contributed by atoms with Crippen molar-refractivity contribution in [1.82, 2.24) is 0 Å². The summed E-state index contributed by atoms with van der Waals surface area (Å²) in [4.78, 5) is 0. The largest absolute Gasteiger partial charge is 0.320 e. The summed E-state index contributed by atoms with van der Waals surface area (Å²) in [5, 5.41) is 0. The summed E-state index contributed by atoms with van der Waals surface area (Å²) >= 11 is 0. The SMILES string of the molecule is Cc1cc(C)c(CC2(N)CC2(F)F)c(C)c1. The first kappa shape index (κ1) is 11.5. The van der Waals surface area contributed by atoms with Crippen molar-refractivity contribution in [3.8, 4) is 0 Å². The molecule has 16 heavy (non-hydrogen) atoms. The van der Waals surface area contributed by atoms with E-state index in [2.05, 4.69) is 0 Å². The number of rotatable bonds is 2. The first-order valence-electron chi connectivity index (χ1n) is 5.49. The fourth-order valence-corrected chi connectivity index (χ4v) is 2.35. The van der Waals surface area contributed by atoms with Crippen LogP contribution in [0.5, 0.6) is 0 Å². The van der Waals surface area contributed by atoms with Crippen LogP contribution in [0.1, 0.15) is 28.7 Å². The van der Waals surface area contributed by atoms with E-state index in [1.165, 1.54) is 0 Å². The van der Waals surface area contributed by atoms with Crippen LogP contribution in [0.15, 0.2) is 12.1 Å². The van der Waals surface area contributed by atoms with Gasteiger partial charge in [-0.2, -0.15) is 0 Å². The second kappa shape index (κ2) is 3.27. The third-order valence-electron chi connectivity index (χ3n) is 3.47. The lowest BCUT2D eigenvalue weighted by Crippen LogP contribution is -2.33. The van der Waals surface area contributed by atoms with Crippen LogP contribution in [-0.4, -0.2) is 11.5 Å². The summed E-state index contributed by atoms with van der Waals surface area (Å²) in [6, 6.07) is 4.04. The summed E-state index contributed by atoms with van der Waals surface area (Å²) in [6.45, 7) is 5.92. The maximum atomic E-state index is 13.1. The van der Waals surface area contributed by atoms with Gasteiger partial charge in [0.25, 0.3) is 5.92 Å². The quantitative estimate of drug-likeness (QED) is 0.822. The fraction of sp³-hybridized carbons (Fsp3) is 0.538. The van der Waals surface area contributed by atoms with Gasteiger partial charge in [-0.1, -0.05) is 17.7 Å². The molecule has 3 heteroatoms. The number of nitrogens with two attached hydrogens (primary N) is 1. The number of hydrogen-bond donors (Lipinski definition) is 1. The third-order valence-corrected chi connectivity index (χ3v) is 3.47. The number of halogens is 2. The third kappa shape index (κ3) is 1.73. The number of hydrogen-bond acceptors (Lipinski definition) is 1. The van der Waals surface area contributed by atoms with E-state index >= 15 is 0 Å². The van der Waals surface area contributed by atoms with Crippen LogP contribution < -0.4 is 5.73 Å². The molecule has 0 aromatic heterocycles. The van der Waals surface area contributed by atoms with Gasteiger partial charge in [0.05, 0.1) is 5.54 Å². The van der Waals surface area contributed by atoms with E-state index in [4.69, 9.17) is 5.73 Å². The second-order valence-electron chi connectivity index (χ2n) is 5.09. The Labute approximate surface area is 94.7 Å². The highest BCUT2D eigenvalue weighted by Crippen LogP contribution is 2.52. The van der Waals surface area contributed by atoms with Gasteiger partial charge in [-0.25, -0.2) is 8.78 Å². The standard InChI is InChI=1S/C13H17F2N/c1-8-4-9(2)11(10(3)5-8)6-12(16)7-13(12,14)15/h4-5H,6-7,16H2,1-3H3. The summed E-state index contributed by atoms with van der Waals surface area (Å²) in [5.74, 6) is -2.68. The molecule has 0 bridgehead atoms. The van der Waals surface area contributed by atoms with E-state index in [-0.39, 0.29) is 12.8 Å². The Bertz CT molecular complexity index is 417. The molecular formula is C13H17F2N. The van der Waals surface area contributed by atoms with E-state index in [1.807, 2.05) is 32.9 Å². The van der Waals surface area contributed by atoms with Crippen molar-refractivity contribution in [3.63, 3.8) is 0 Å². The monoisotopic (exact) mass is 225 g/mol. The van der Waals surface area contributed by atoms with Gasteiger partial charge in [0.1, 0.15) is 0 Å². The molecule has 88 valence electrons. The Balaban J connectivity index is 2.30. The molecule has 1 fully saturated rings. The van der Waals surface area contributed by atoms with Gasteiger partial charge in [0.15, 0.2) is 0 Å². The smallest absolute Gasteiger partial charge is 0.268 e. The van der Waals surface area contributed by atoms with Crippen molar-refractivity contribution in [1.29, 1.82) is 0 Å². The fourth-order valence-electron chi connectivity index (χ4n) is 2.35. The Morgan fingerprint density at radius 2 is 1.62 bits per heavy atom. The zero-order valence-electron chi connectivity index (χ0n) is 9.90. The van der Waals surface area contributed by atoms with Crippen LogP contribution in [0, 0.1) is 20.8 Å². The van der Waals surface area contributed by atoms with E-state index in [1.54, 1.807) is 0 Å². The van der Waals surface area contributed by atoms with Crippen LogP contribution in [0.4, 0.5) is 8.78 Å². The van der Waals surface area contributed by atoms with Gasteiger partial charge in [-0.3, -0.25) is 0 Å². The van der Waals surface area contributed by atoms with Gasteiger partial charge in [0.2, 0.25) is 0 Å². The molecule has 1 nitrogen and oxygen atoms in total. The lowest BCUT2D eigenvalue weighted by Gasteiger charge is -2.16. The summed E-state index contributed by atoms with van der Waals surface area (Å²) in [7, 11) is 0. The predicted molar refractivity (Wildman–Crippen MR) is 60.8 cm³/mol. The highest BCUT2D eigenvalue weighted by molar-refractivity contribution is 5.40. The zero-order valence-corrected chi connectivity index (χ0v) is 9.90. The zero-order chi connectivity index (χ0) is 12.1. The molecule has 1 unspecified atom stereocenters. The molecule has 1 aromatic rings. The maximum Gasteiger partial charge on any atom is 0.268 e. The van der Waals surface area contributed by atoms with Crippen LogP contribution >= 0.6 is 0 Å². The molecule has 0 heterocycles. The maximum absolute atomic E-state index is 13.1. The molecule has 0 saturated heterocycles. The minimum atomic E-state index is -2.68. The van der Waals surface area contributed by atoms with Crippen LogP contribution in [0.2, 0.25) is 0 Å². The van der Waals surface area contributed by atoms with Crippen LogP contribution in [0.25, 0.3) is 0 Å². The Hall–Kier alpha value is -0.960. The number of benzene rings is 1. The Kier molecular flexibility index (Phi) is 2.35. The molecule has 0 spiro atoms. The van der Waals surface area contributed by atoms with Gasteiger partial charge in [-0.15, -0.1) is 0 Å². The van der Waals surface area contributed by atoms with Crippen molar-refractivity contribution in [3.05, 3.63) is 34.4 Å². The topological polar surface area (TPSA) is 26.0 Å². The highest BCUT2D eigenvalue weighted by Gasteiger charge is 2.68. The molecular weight excluding hydrogens is 208 g/mol. The van der Waals surface area contributed by atoms with Crippen molar-refractivity contribution < 1.29 is 8.78 Å². The van der Waals surface area contributed by atoms with Crippen molar-refractivity contribution in [2.75, 3.05) is 0 Å². The average molecular weight is 225 g/mol. The van der Waals surface area contributed by atoms with E-state index < -0.39 is 11.5 Å². The molecule has 0 radical (unpaired) electrons. The van der Waals surface area contributed by atoms with Gasteiger partial charge in [0, 0.05) is 6.42 Å². The summed E-state index contributed by atoms with van der Waals surface area (Å²) < 4.78 is 26.2. The van der Waals surface area contributed by atoms with Crippen molar-refractivity contribution in [2.24, 2.45) is 5.73 Å². The molecule has 0 aliphatic heterocycles. The highest BCUT2D eigenvalue weighted by atomic mass is 19.3. The normalized spacial score (nSPS) is 26.9. The minimum Gasteiger partial charge on any atom is -0.320 e. The summed E-state index contributed by atoms with van der Waals surface area (Å²) in [6.07, 6.45) is 0.0880. The van der Waals surface area contributed by atoms with Gasteiger partial charge in [-0.05, 0) is 43.9 Å². The second-order valence-corrected chi connectivity index (χ2v) is 5.09. The Morgan fingerprint density at radius 3 is 2.00 bits per heavy atom. The van der Waals surface area contributed by atoms with Crippen molar-refractivity contribution in [2.45, 2.75) is 45.1 Å². The molecule has 1 aliphatic carbocycles.